The molecule has 0 radical (unpaired) electrons. The summed E-state index contributed by atoms with van der Waals surface area (Å²) >= 11 is 1.47. The van der Waals surface area contributed by atoms with Crippen LogP contribution in [0.3, 0.4) is 0 Å². The highest BCUT2D eigenvalue weighted by Crippen LogP contribution is 2.36. The Balaban J connectivity index is 1.91. The third-order valence-corrected chi connectivity index (χ3v) is 7.18. The minimum atomic E-state index is -3.41. The van der Waals surface area contributed by atoms with Gasteiger partial charge in [0.2, 0.25) is 10.0 Å². The van der Waals surface area contributed by atoms with Crippen LogP contribution in [-0.4, -0.2) is 24.7 Å². The normalized spacial score (nSPS) is 11.6. The monoisotopic (exact) mass is 415 g/mol. The van der Waals surface area contributed by atoms with E-state index >= 15 is 0 Å². The predicted molar refractivity (Wildman–Crippen MR) is 115 cm³/mol. The fourth-order valence-electron chi connectivity index (χ4n) is 2.81. The second-order valence-corrected chi connectivity index (χ2v) is 9.92. The minimum Gasteiger partial charge on any atom is -0.478 e. The Morgan fingerprint density at radius 3 is 2.25 bits per heavy atom. The molecule has 5 nitrogen and oxygen atoms in total. The van der Waals surface area contributed by atoms with Gasteiger partial charge in [-0.2, -0.15) is 0 Å². The largest absolute Gasteiger partial charge is 0.478 e. The van der Waals surface area contributed by atoms with Gasteiger partial charge in [-0.1, -0.05) is 30.3 Å². The molecule has 1 heterocycles. The van der Waals surface area contributed by atoms with Crippen molar-refractivity contribution < 1.29 is 18.3 Å². The number of sulfonamides is 1. The van der Waals surface area contributed by atoms with Crippen molar-refractivity contribution in [2.45, 2.75) is 26.0 Å². The molecule has 0 unspecified atom stereocenters. The molecular weight excluding hydrogens is 394 g/mol. The zero-order valence-electron chi connectivity index (χ0n) is 15.8. The van der Waals surface area contributed by atoms with E-state index in [1.165, 1.54) is 11.3 Å². The Morgan fingerprint density at radius 1 is 1.04 bits per heavy atom. The van der Waals surface area contributed by atoms with Gasteiger partial charge in [0.1, 0.15) is 0 Å². The van der Waals surface area contributed by atoms with Crippen LogP contribution < -0.4 is 4.72 Å². The van der Waals surface area contributed by atoms with Crippen LogP contribution in [0.4, 0.5) is 5.69 Å². The third-order valence-electron chi connectivity index (χ3n) is 4.47. The minimum absolute atomic E-state index is 0.263. The van der Waals surface area contributed by atoms with E-state index in [0.717, 1.165) is 27.1 Å². The molecule has 2 aromatic carbocycles. The van der Waals surface area contributed by atoms with Gasteiger partial charge < -0.3 is 5.11 Å². The van der Waals surface area contributed by atoms with Gasteiger partial charge in [0.05, 0.1) is 21.4 Å². The zero-order valence-corrected chi connectivity index (χ0v) is 17.4. The topological polar surface area (TPSA) is 83.5 Å². The number of aryl methyl sites for hydroxylation is 1. The summed E-state index contributed by atoms with van der Waals surface area (Å²) in [6.07, 6.45) is 0. The summed E-state index contributed by atoms with van der Waals surface area (Å²) in [5, 5.41) is 10.4. The van der Waals surface area contributed by atoms with Crippen molar-refractivity contribution in [1.29, 1.82) is 0 Å². The summed E-state index contributed by atoms with van der Waals surface area (Å²) < 4.78 is 27.0. The van der Waals surface area contributed by atoms with Gasteiger partial charge in [-0.15, -0.1) is 11.3 Å². The molecule has 3 aromatic rings. The molecule has 2 N–H and O–H groups in total. The predicted octanol–water partition coefficient (Wildman–Crippen LogP) is 5.24. The maximum absolute atomic E-state index is 12.2. The number of carbonyl (C=O) groups is 1. The second kappa shape index (κ2) is 7.77. The summed E-state index contributed by atoms with van der Waals surface area (Å²) in [7, 11) is -3.41. The smallest absolute Gasteiger partial charge is 0.335 e. The molecule has 7 heteroatoms. The Hall–Kier alpha value is -2.64. The van der Waals surface area contributed by atoms with Gasteiger partial charge in [0, 0.05) is 0 Å². The van der Waals surface area contributed by atoms with Gasteiger partial charge >= 0.3 is 5.97 Å². The Kier molecular flexibility index (Phi) is 5.58. The highest BCUT2D eigenvalue weighted by Gasteiger charge is 2.18. The Morgan fingerprint density at radius 2 is 1.68 bits per heavy atom. The summed E-state index contributed by atoms with van der Waals surface area (Å²) in [6, 6.07) is 14.6. The lowest BCUT2D eigenvalue weighted by Gasteiger charge is -2.12. The van der Waals surface area contributed by atoms with Gasteiger partial charge in [-0.05, 0) is 66.6 Å². The first kappa shape index (κ1) is 20.1. The number of rotatable bonds is 6. The molecule has 0 fully saturated rings. The second-order valence-electron chi connectivity index (χ2n) is 6.77. The highest BCUT2D eigenvalue weighted by molar-refractivity contribution is 7.93. The number of hydrogen-bond acceptors (Lipinski definition) is 4. The first-order valence-corrected chi connectivity index (χ1v) is 11.2. The molecule has 1 aromatic heterocycles. The van der Waals surface area contributed by atoms with Crippen molar-refractivity contribution in [3.63, 3.8) is 0 Å². The van der Waals surface area contributed by atoms with Crippen LogP contribution in [0.5, 0.6) is 0 Å². The van der Waals surface area contributed by atoms with E-state index in [2.05, 4.69) is 4.72 Å². The zero-order chi connectivity index (χ0) is 20.5. The van der Waals surface area contributed by atoms with Gasteiger partial charge in [-0.25, -0.2) is 13.2 Å². The molecule has 0 amide bonds. The molecule has 28 heavy (non-hydrogen) atoms. The summed E-state index contributed by atoms with van der Waals surface area (Å²) in [5.41, 5.74) is 4.57. The fraction of sp³-hybridized carbons (Fsp3) is 0.190. The number of benzene rings is 2. The summed E-state index contributed by atoms with van der Waals surface area (Å²) in [6.45, 7) is 5.16. The number of carboxylic acids is 1. The van der Waals surface area contributed by atoms with Crippen LogP contribution >= 0.6 is 11.3 Å². The number of aromatic carboxylic acids is 1. The molecule has 146 valence electrons. The average Bonchev–Trinajstić information content (AvgIpc) is 3.09. The molecule has 0 saturated carbocycles. The van der Waals surface area contributed by atoms with E-state index in [9.17, 15) is 13.2 Å². The van der Waals surface area contributed by atoms with Crippen molar-refractivity contribution >= 4 is 33.0 Å². The van der Waals surface area contributed by atoms with Crippen molar-refractivity contribution in [3.05, 3.63) is 65.0 Å². The Bertz CT molecular complexity index is 1110. The number of anilines is 1. The molecule has 0 saturated heterocycles. The first-order chi connectivity index (χ1) is 13.2. The third kappa shape index (κ3) is 4.10. The van der Waals surface area contributed by atoms with E-state index in [4.69, 9.17) is 5.11 Å². The maximum atomic E-state index is 12.2. The van der Waals surface area contributed by atoms with Crippen molar-refractivity contribution in [1.82, 2.24) is 0 Å². The van der Waals surface area contributed by atoms with Crippen molar-refractivity contribution in [3.8, 4) is 21.6 Å². The maximum Gasteiger partial charge on any atom is 0.335 e. The van der Waals surface area contributed by atoms with Crippen LogP contribution in [0.25, 0.3) is 21.6 Å². The van der Waals surface area contributed by atoms with Gasteiger partial charge in [0.25, 0.3) is 0 Å². The summed E-state index contributed by atoms with van der Waals surface area (Å²) in [4.78, 5) is 12.0. The SMILES string of the molecule is Cc1cc(C(=O)O)ccc1-c1ccc(-c2sccc2NS(=O)(=O)C(C)C)cc1. The van der Waals surface area contributed by atoms with Gasteiger partial charge in [0.15, 0.2) is 0 Å². The van der Waals surface area contributed by atoms with E-state index in [-0.39, 0.29) is 5.56 Å². The molecule has 3 rings (SSSR count). The molecule has 0 aliphatic carbocycles. The molecule has 0 spiro atoms. The van der Waals surface area contributed by atoms with Crippen LogP contribution in [-0.2, 0) is 10.0 Å². The molecule has 0 aliphatic heterocycles. The lowest BCUT2D eigenvalue weighted by atomic mass is 9.97. The van der Waals surface area contributed by atoms with Crippen LogP contribution in [0.2, 0.25) is 0 Å². The van der Waals surface area contributed by atoms with Crippen LogP contribution in [0.15, 0.2) is 53.9 Å². The van der Waals surface area contributed by atoms with E-state index in [0.29, 0.717) is 5.69 Å². The lowest BCUT2D eigenvalue weighted by molar-refractivity contribution is 0.0697. The average molecular weight is 416 g/mol. The van der Waals surface area contributed by atoms with Gasteiger partial charge in [-0.3, -0.25) is 4.72 Å². The molecule has 0 aliphatic rings. The molecule has 0 bridgehead atoms. The number of carboxylic acid groups (broad SMARTS) is 1. The van der Waals surface area contributed by atoms with Crippen LogP contribution in [0.1, 0.15) is 29.8 Å². The van der Waals surface area contributed by atoms with Crippen molar-refractivity contribution in [2.24, 2.45) is 0 Å². The quantitative estimate of drug-likeness (QED) is 0.577. The number of thiophene rings is 1. The first-order valence-electron chi connectivity index (χ1n) is 8.73. The lowest BCUT2D eigenvalue weighted by Crippen LogP contribution is -2.22. The highest BCUT2D eigenvalue weighted by atomic mass is 32.2. The number of hydrogen-bond donors (Lipinski definition) is 2. The van der Waals surface area contributed by atoms with E-state index in [1.807, 2.05) is 36.6 Å². The standard InChI is InChI=1S/C21H21NO4S2/c1-13(2)28(25,26)22-19-10-11-27-20(19)16-6-4-15(5-7-16)18-9-8-17(21(23)24)12-14(18)3/h4-13,22H,1-3H3,(H,23,24). The van der Waals surface area contributed by atoms with E-state index in [1.54, 1.807) is 38.1 Å². The van der Waals surface area contributed by atoms with E-state index < -0.39 is 21.2 Å². The molecular formula is C21H21NO4S2. The van der Waals surface area contributed by atoms with Crippen LogP contribution in [0, 0.1) is 6.92 Å². The fourth-order valence-corrected chi connectivity index (χ4v) is 4.44. The van der Waals surface area contributed by atoms with Crippen molar-refractivity contribution in [2.75, 3.05) is 4.72 Å². The Labute approximate surface area is 168 Å². The number of nitrogens with one attached hydrogen (secondary N) is 1. The molecule has 0 atom stereocenters. The summed E-state index contributed by atoms with van der Waals surface area (Å²) in [5.74, 6) is -0.945.